The Morgan fingerprint density at radius 1 is 0.403 bits per heavy atom. The molecule has 0 radical (unpaired) electrons. The number of aryl methyl sites for hydroxylation is 2. The third-order valence-electron chi connectivity index (χ3n) is 18.2. The van der Waals surface area contributed by atoms with Gasteiger partial charge in [-0.3, -0.25) is 0 Å². The van der Waals surface area contributed by atoms with Crippen molar-refractivity contribution in [1.82, 2.24) is 0 Å². The summed E-state index contributed by atoms with van der Waals surface area (Å²) in [6, 6.07) is 61.0. The molecule has 0 N–H and O–H groups in total. The average Bonchev–Trinajstić information content (AvgIpc) is 3.69. The van der Waals surface area contributed by atoms with Crippen LogP contribution < -0.4 is 31.1 Å². The van der Waals surface area contributed by atoms with Crippen molar-refractivity contribution in [2.24, 2.45) is 0 Å². The first-order chi connectivity index (χ1) is 34.2. The van der Waals surface area contributed by atoms with Crippen LogP contribution in [-0.2, 0) is 27.1 Å². The topological polar surface area (TPSA) is 9.72 Å². The van der Waals surface area contributed by atoms with Crippen LogP contribution in [0.25, 0.3) is 11.1 Å². The van der Waals surface area contributed by atoms with Crippen LogP contribution >= 0.6 is 0 Å². The number of rotatable bonds is 5. The van der Waals surface area contributed by atoms with Gasteiger partial charge in [0.15, 0.2) is 0 Å². The van der Waals surface area contributed by atoms with Gasteiger partial charge < -0.3 is 14.7 Å². The maximum Gasteiger partial charge on any atom is 0.252 e. The smallest absolute Gasteiger partial charge is 0.252 e. The molecular weight excluding hydrogens is 870 g/mol. The molecule has 0 spiro atoms. The van der Waals surface area contributed by atoms with Crippen LogP contribution in [0.4, 0.5) is 51.2 Å². The maximum absolute atomic E-state index is 2.72. The molecule has 0 saturated carbocycles. The quantitative estimate of drug-likeness (QED) is 0.159. The van der Waals surface area contributed by atoms with E-state index in [1.54, 1.807) is 0 Å². The Labute approximate surface area is 429 Å². The Balaban J connectivity index is 1.13. The van der Waals surface area contributed by atoms with Crippen LogP contribution in [0.5, 0.6) is 0 Å². The average molecular weight is 938 g/mol. The van der Waals surface area contributed by atoms with E-state index in [-0.39, 0.29) is 33.8 Å². The molecule has 8 aromatic carbocycles. The van der Waals surface area contributed by atoms with Gasteiger partial charge >= 0.3 is 0 Å². The third kappa shape index (κ3) is 6.42. The normalized spacial score (nSPS) is 18.3. The molecule has 0 amide bonds. The standard InChI is InChI=1S/C68H68BN3/c1-42-33-61-63-62(34-42)72(58-39-54-52(35-43(58)2)64(3,4)31-32-65(54,5)6)60-40-55-53(66(7,8)41-67(55,9)10)38-57(60)69(63)56-30-28-47(70(44-21-15-13-16-22-44)45-23-17-14-18-24-45)37-59(56)71(61)46-27-29-51-49(36-46)48-25-19-20-26-50(48)68(51,11)12/h13-30,33-40H,31-32,41H2,1-12H3. The Hall–Kier alpha value is -6.78. The highest BCUT2D eigenvalue weighted by atomic mass is 15.2. The van der Waals surface area contributed by atoms with Gasteiger partial charge in [0.05, 0.1) is 0 Å². The van der Waals surface area contributed by atoms with E-state index in [1.807, 2.05) is 0 Å². The molecular formula is C68H68BN3. The van der Waals surface area contributed by atoms with Gasteiger partial charge in [0.25, 0.3) is 6.71 Å². The van der Waals surface area contributed by atoms with Crippen molar-refractivity contribution in [3.8, 4) is 11.1 Å². The van der Waals surface area contributed by atoms with Crippen LogP contribution in [0.3, 0.4) is 0 Å². The van der Waals surface area contributed by atoms with E-state index in [0.717, 1.165) is 23.5 Å². The van der Waals surface area contributed by atoms with Crippen molar-refractivity contribution in [2.75, 3.05) is 14.7 Å². The first-order valence-electron chi connectivity index (χ1n) is 26.6. The molecule has 3 aliphatic carbocycles. The molecule has 0 saturated heterocycles. The predicted octanol–water partition coefficient (Wildman–Crippen LogP) is 16.5. The molecule has 2 aliphatic heterocycles. The Kier molecular flexibility index (Phi) is 9.49. The fourth-order valence-electron chi connectivity index (χ4n) is 14.7. The lowest BCUT2D eigenvalue weighted by Gasteiger charge is -2.46. The summed E-state index contributed by atoms with van der Waals surface area (Å²) in [5, 5.41) is 0. The highest BCUT2D eigenvalue weighted by Gasteiger charge is 2.49. The molecule has 358 valence electrons. The zero-order valence-corrected chi connectivity index (χ0v) is 44.6. The zero-order valence-electron chi connectivity index (χ0n) is 44.6. The van der Waals surface area contributed by atoms with Crippen molar-refractivity contribution in [1.29, 1.82) is 0 Å². The molecule has 0 atom stereocenters. The summed E-state index contributed by atoms with van der Waals surface area (Å²) in [4.78, 5) is 7.78. The van der Waals surface area contributed by atoms with Gasteiger partial charge in [-0.1, -0.05) is 154 Å². The highest BCUT2D eigenvalue weighted by Crippen LogP contribution is 2.56. The van der Waals surface area contributed by atoms with E-state index in [9.17, 15) is 0 Å². The lowest BCUT2D eigenvalue weighted by Crippen LogP contribution is -2.61. The summed E-state index contributed by atoms with van der Waals surface area (Å²) in [7, 11) is 0. The number of hydrogen-bond donors (Lipinski definition) is 0. The highest BCUT2D eigenvalue weighted by molar-refractivity contribution is 7.00. The van der Waals surface area contributed by atoms with Crippen molar-refractivity contribution >= 4 is 74.3 Å². The summed E-state index contributed by atoms with van der Waals surface area (Å²) in [5.41, 5.74) is 29.2. The summed E-state index contributed by atoms with van der Waals surface area (Å²) in [6.07, 6.45) is 3.48. The number of hydrogen-bond acceptors (Lipinski definition) is 3. The first kappa shape index (κ1) is 45.1. The van der Waals surface area contributed by atoms with E-state index in [2.05, 4.69) is 256 Å². The van der Waals surface area contributed by atoms with Crippen LogP contribution in [0.2, 0.25) is 0 Å². The van der Waals surface area contributed by atoms with E-state index >= 15 is 0 Å². The second-order valence-electron chi connectivity index (χ2n) is 25.3. The second kappa shape index (κ2) is 15.1. The molecule has 72 heavy (non-hydrogen) atoms. The largest absolute Gasteiger partial charge is 0.311 e. The van der Waals surface area contributed by atoms with Crippen molar-refractivity contribution < 1.29 is 0 Å². The molecule has 4 heteroatoms. The predicted molar refractivity (Wildman–Crippen MR) is 308 cm³/mol. The lowest BCUT2D eigenvalue weighted by atomic mass is 9.33. The van der Waals surface area contributed by atoms with E-state index < -0.39 is 0 Å². The molecule has 5 aliphatic rings. The van der Waals surface area contributed by atoms with Gasteiger partial charge in [-0.05, 0) is 200 Å². The molecule has 0 bridgehead atoms. The molecule has 0 fully saturated rings. The van der Waals surface area contributed by atoms with Gasteiger partial charge in [0.2, 0.25) is 0 Å². The van der Waals surface area contributed by atoms with Gasteiger partial charge in [-0.15, -0.1) is 0 Å². The van der Waals surface area contributed by atoms with Crippen molar-refractivity contribution in [3.05, 3.63) is 202 Å². The monoisotopic (exact) mass is 938 g/mol. The minimum Gasteiger partial charge on any atom is -0.311 e. The van der Waals surface area contributed by atoms with Crippen molar-refractivity contribution in [3.63, 3.8) is 0 Å². The van der Waals surface area contributed by atoms with Crippen LogP contribution in [-0.4, -0.2) is 6.71 Å². The Morgan fingerprint density at radius 3 is 1.61 bits per heavy atom. The van der Waals surface area contributed by atoms with Crippen LogP contribution in [0, 0.1) is 13.8 Å². The SMILES string of the molecule is Cc1cc2c3c(c1)N(c1cc4c(cc1C)C(C)(C)CCC4(C)C)c1cc4c(cc1B3c1ccc(N(c3ccccc3)c3ccccc3)cc1N2c1ccc2c(c1)-c1ccccc1C2(C)C)C(C)(C)CC4(C)C. The number of fused-ring (bicyclic) bond motifs is 9. The fraction of sp³-hybridized carbons (Fsp3) is 0.294. The fourth-order valence-corrected chi connectivity index (χ4v) is 14.7. The number of para-hydroxylation sites is 2. The Bertz CT molecular complexity index is 3540. The van der Waals surface area contributed by atoms with Gasteiger partial charge in [-0.25, -0.2) is 0 Å². The maximum atomic E-state index is 2.72. The molecule has 0 unspecified atom stereocenters. The third-order valence-corrected chi connectivity index (χ3v) is 18.2. The van der Waals surface area contributed by atoms with Crippen LogP contribution in [0.15, 0.2) is 158 Å². The molecule has 2 heterocycles. The summed E-state index contributed by atoms with van der Waals surface area (Å²) < 4.78 is 0. The minimum atomic E-state index is -0.0970. The van der Waals surface area contributed by atoms with E-state index in [4.69, 9.17) is 0 Å². The summed E-state index contributed by atoms with van der Waals surface area (Å²) >= 11 is 0. The van der Waals surface area contributed by atoms with E-state index in [1.165, 1.54) is 119 Å². The second-order valence-corrected chi connectivity index (χ2v) is 25.3. The number of anilines is 9. The lowest BCUT2D eigenvalue weighted by molar-refractivity contribution is 0.332. The molecule has 0 aromatic heterocycles. The molecule has 8 aromatic rings. The Morgan fingerprint density at radius 2 is 0.944 bits per heavy atom. The minimum absolute atomic E-state index is 0.00347. The molecule has 3 nitrogen and oxygen atoms in total. The van der Waals surface area contributed by atoms with Gasteiger partial charge in [0.1, 0.15) is 0 Å². The van der Waals surface area contributed by atoms with Gasteiger partial charge in [0, 0.05) is 56.6 Å². The van der Waals surface area contributed by atoms with Crippen LogP contribution in [0.1, 0.15) is 133 Å². The summed E-state index contributed by atoms with van der Waals surface area (Å²) in [6.45, 7) is 29.2. The number of nitrogens with zero attached hydrogens (tertiary/aromatic N) is 3. The first-order valence-corrected chi connectivity index (χ1v) is 26.6. The summed E-state index contributed by atoms with van der Waals surface area (Å²) in [5.74, 6) is 0. The van der Waals surface area contributed by atoms with Crippen molar-refractivity contribution in [2.45, 2.75) is 129 Å². The number of benzene rings is 8. The van der Waals surface area contributed by atoms with Gasteiger partial charge in [-0.2, -0.15) is 0 Å². The zero-order chi connectivity index (χ0) is 50.0. The van der Waals surface area contributed by atoms with E-state index in [0.29, 0.717) is 0 Å². The molecule has 13 rings (SSSR count).